The summed E-state index contributed by atoms with van der Waals surface area (Å²) < 4.78 is 10.1. The fraction of sp³-hybridized carbons (Fsp3) is 0.438. The monoisotopic (exact) mass is 395 g/mol. The predicted molar refractivity (Wildman–Crippen MR) is 93.5 cm³/mol. The Morgan fingerprint density at radius 3 is 2.87 bits per heavy atom. The van der Waals surface area contributed by atoms with Gasteiger partial charge in [0.1, 0.15) is 10.6 Å². The van der Waals surface area contributed by atoms with Crippen LogP contribution in [0.4, 0.5) is 4.79 Å². The number of halogens is 1. The van der Waals surface area contributed by atoms with Crippen molar-refractivity contribution >= 4 is 33.6 Å². The molecule has 0 bridgehead atoms. The highest BCUT2D eigenvalue weighted by atomic mass is 79.9. The molecule has 0 radical (unpaired) electrons. The lowest BCUT2D eigenvalue weighted by Gasteiger charge is -2.22. The SMILES string of the molecule is CC(C)(C)OC(=O)N[C@@H]1CCc2c(-c3nc(Br)ns3)cccc21. The number of benzene rings is 1. The molecule has 0 unspecified atom stereocenters. The molecule has 1 aromatic heterocycles. The summed E-state index contributed by atoms with van der Waals surface area (Å²) in [4.78, 5) is 16.4. The maximum atomic E-state index is 12.0. The van der Waals surface area contributed by atoms with Crippen molar-refractivity contribution in [3.63, 3.8) is 0 Å². The largest absolute Gasteiger partial charge is 0.444 e. The van der Waals surface area contributed by atoms with Crippen LogP contribution in [0.1, 0.15) is 44.4 Å². The third-order valence-corrected chi connectivity index (χ3v) is 4.93. The first-order chi connectivity index (χ1) is 10.8. The van der Waals surface area contributed by atoms with E-state index in [1.165, 1.54) is 17.1 Å². The summed E-state index contributed by atoms with van der Waals surface area (Å²) in [5.41, 5.74) is 2.97. The third kappa shape index (κ3) is 3.72. The van der Waals surface area contributed by atoms with Gasteiger partial charge in [-0.2, -0.15) is 4.37 Å². The summed E-state index contributed by atoms with van der Waals surface area (Å²) in [6.45, 7) is 5.59. The molecule has 1 amide bonds. The molecular formula is C16H18BrN3O2S. The molecule has 1 N–H and O–H groups in total. The molecule has 0 fully saturated rings. The molecule has 1 atom stereocenters. The van der Waals surface area contributed by atoms with Gasteiger partial charge in [0, 0.05) is 5.56 Å². The van der Waals surface area contributed by atoms with E-state index in [1.54, 1.807) is 0 Å². The first-order valence-corrected chi connectivity index (χ1v) is 9.01. The lowest BCUT2D eigenvalue weighted by Crippen LogP contribution is -2.34. The van der Waals surface area contributed by atoms with E-state index >= 15 is 0 Å². The number of carbonyl (C=O) groups is 1. The minimum Gasteiger partial charge on any atom is -0.444 e. The Kier molecular flexibility index (Phi) is 4.42. The maximum Gasteiger partial charge on any atom is 0.408 e. The smallest absolute Gasteiger partial charge is 0.408 e. The van der Waals surface area contributed by atoms with Gasteiger partial charge in [0.25, 0.3) is 0 Å². The quantitative estimate of drug-likeness (QED) is 0.813. The van der Waals surface area contributed by atoms with Crippen LogP contribution in [0, 0.1) is 0 Å². The van der Waals surface area contributed by atoms with E-state index in [2.05, 4.69) is 42.7 Å². The van der Waals surface area contributed by atoms with Crippen LogP contribution in [0.2, 0.25) is 0 Å². The molecule has 0 spiro atoms. The molecule has 3 rings (SSSR count). The molecule has 1 aromatic carbocycles. The van der Waals surface area contributed by atoms with Crippen LogP contribution in [-0.2, 0) is 11.2 Å². The van der Waals surface area contributed by atoms with E-state index in [0.717, 1.165) is 29.0 Å². The van der Waals surface area contributed by atoms with Crippen LogP contribution >= 0.6 is 27.5 Å². The Morgan fingerprint density at radius 2 is 2.22 bits per heavy atom. The third-order valence-electron chi connectivity index (χ3n) is 3.59. The number of hydrogen-bond donors (Lipinski definition) is 1. The molecule has 1 heterocycles. The van der Waals surface area contributed by atoms with E-state index in [9.17, 15) is 4.79 Å². The van der Waals surface area contributed by atoms with Gasteiger partial charge in [-0.3, -0.25) is 0 Å². The first kappa shape index (κ1) is 16.4. The number of alkyl carbamates (subject to hydrolysis) is 1. The summed E-state index contributed by atoms with van der Waals surface area (Å²) in [5, 5.41) is 3.87. The first-order valence-electron chi connectivity index (χ1n) is 7.44. The van der Waals surface area contributed by atoms with Crippen molar-refractivity contribution in [3.8, 4) is 10.6 Å². The Bertz CT molecular complexity index is 739. The van der Waals surface area contributed by atoms with E-state index < -0.39 is 5.60 Å². The van der Waals surface area contributed by atoms with Crippen molar-refractivity contribution in [1.29, 1.82) is 0 Å². The number of nitrogens with zero attached hydrogens (tertiary/aromatic N) is 2. The highest BCUT2D eigenvalue weighted by Gasteiger charge is 2.28. The van der Waals surface area contributed by atoms with Gasteiger partial charge in [-0.15, -0.1) is 0 Å². The molecule has 1 aliphatic rings. The van der Waals surface area contributed by atoms with Crippen molar-refractivity contribution in [2.45, 2.75) is 45.3 Å². The lowest BCUT2D eigenvalue weighted by molar-refractivity contribution is 0.0503. The Hall–Kier alpha value is -1.47. The number of rotatable bonds is 2. The van der Waals surface area contributed by atoms with Gasteiger partial charge < -0.3 is 10.1 Å². The van der Waals surface area contributed by atoms with E-state index in [1.807, 2.05) is 26.8 Å². The van der Waals surface area contributed by atoms with Gasteiger partial charge in [-0.25, -0.2) is 9.78 Å². The van der Waals surface area contributed by atoms with Crippen molar-refractivity contribution in [1.82, 2.24) is 14.7 Å². The second-order valence-electron chi connectivity index (χ2n) is 6.48. The molecule has 0 aliphatic heterocycles. The zero-order chi connectivity index (χ0) is 16.6. The fourth-order valence-corrected chi connectivity index (χ4v) is 3.90. The highest BCUT2D eigenvalue weighted by Crippen LogP contribution is 2.38. The van der Waals surface area contributed by atoms with Gasteiger partial charge in [-0.05, 0) is 72.2 Å². The number of carbonyl (C=O) groups excluding carboxylic acids is 1. The average molecular weight is 396 g/mol. The van der Waals surface area contributed by atoms with Gasteiger partial charge in [0.05, 0.1) is 6.04 Å². The van der Waals surface area contributed by atoms with E-state index in [-0.39, 0.29) is 12.1 Å². The van der Waals surface area contributed by atoms with E-state index in [0.29, 0.717) is 4.73 Å². The number of hydrogen-bond acceptors (Lipinski definition) is 5. The summed E-state index contributed by atoms with van der Waals surface area (Å²) >= 11 is 4.67. The average Bonchev–Trinajstić information content (AvgIpc) is 3.03. The Morgan fingerprint density at radius 1 is 1.43 bits per heavy atom. The van der Waals surface area contributed by atoms with Crippen molar-refractivity contribution in [2.24, 2.45) is 0 Å². The van der Waals surface area contributed by atoms with Gasteiger partial charge in [0.15, 0.2) is 0 Å². The number of amides is 1. The zero-order valence-corrected chi connectivity index (χ0v) is 15.6. The fourth-order valence-electron chi connectivity index (χ4n) is 2.77. The molecule has 23 heavy (non-hydrogen) atoms. The molecular weight excluding hydrogens is 378 g/mol. The summed E-state index contributed by atoms with van der Waals surface area (Å²) in [7, 11) is 0. The zero-order valence-electron chi connectivity index (χ0n) is 13.2. The van der Waals surface area contributed by atoms with Crippen molar-refractivity contribution in [3.05, 3.63) is 34.1 Å². The Labute approximate surface area is 147 Å². The number of ether oxygens (including phenoxy) is 1. The molecule has 122 valence electrons. The second-order valence-corrected chi connectivity index (χ2v) is 7.94. The Balaban J connectivity index is 1.82. The summed E-state index contributed by atoms with van der Waals surface area (Å²) in [6.07, 6.45) is 1.40. The van der Waals surface area contributed by atoms with E-state index in [4.69, 9.17) is 4.74 Å². The lowest BCUT2D eigenvalue weighted by atomic mass is 10.0. The molecule has 5 nitrogen and oxygen atoms in total. The molecule has 1 aliphatic carbocycles. The highest BCUT2D eigenvalue weighted by molar-refractivity contribution is 9.10. The normalized spacial score (nSPS) is 17.0. The van der Waals surface area contributed by atoms with Crippen LogP contribution in [0.3, 0.4) is 0 Å². The molecule has 0 saturated carbocycles. The standard InChI is InChI=1S/C16H18BrN3O2S/c1-16(2,3)22-15(21)18-12-8-7-9-10(12)5-4-6-11(9)13-19-14(17)20-23-13/h4-6,12H,7-8H2,1-3H3,(H,18,21)/t12-/m1/s1. The van der Waals surface area contributed by atoms with Crippen molar-refractivity contribution in [2.75, 3.05) is 0 Å². The van der Waals surface area contributed by atoms with Crippen LogP contribution < -0.4 is 5.32 Å². The summed E-state index contributed by atoms with van der Waals surface area (Å²) in [5.74, 6) is 0. The number of aromatic nitrogens is 2. The van der Waals surface area contributed by atoms with Crippen LogP contribution in [0.5, 0.6) is 0 Å². The van der Waals surface area contributed by atoms with Gasteiger partial charge in [-0.1, -0.05) is 18.2 Å². The molecule has 0 saturated heterocycles. The second kappa shape index (κ2) is 6.20. The van der Waals surface area contributed by atoms with Crippen molar-refractivity contribution < 1.29 is 9.53 Å². The van der Waals surface area contributed by atoms with Crippen LogP contribution in [0.25, 0.3) is 10.6 Å². The topological polar surface area (TPSA) is 64.1 Å². The van der Waals surface area contributed by atoms with Gasteiger partial charge in [0.2, 0.25) is 4.73 Å². The summed E-state index contributed by atoms with van der Waals surface area (Å²) in [6, 6.07) is 6.10. The van der Waals surface area contributed by atoms with Crippen LogP contribution in [-0.4, -0.2) is 21.1 Å². The number of nitrogens with one attached hydrogen (secondary N) is 1. The van der Waals surface area contributed by atoms with Gasteiger partial charge >= 0.3 is 6.09 Å². The molecule has 7 heteroatoms. The predicted octanol–water partition coefficient (Wildman–Crippen LogP) is 4.48. The minimum atomic E-state index is -0.494. The number of fused-ring (bicyclic) bond motifs is 1. The maximum absolute atomic E-state index is 12.0. The minimum absolute atomic E-state index is 0.0174. The van der Waals surface area contributed by atoms with Crippen LogP contribution in [0.15, 0.2) is 22.9 Å². The molecule has 2 aromatic rings.